The zero-order chi connectivity index (χ0) is 11.6. The van der Waals surface area contributed by atoms with Gasteiger partial charge in [0.2, 0.25) is 0 Å². The summed E-state index contributed by atoms with van der Waals surface area (Å²) in [6.07, 6.45) is -4.48. The minimum Gasteiger partial charge on any atom is -0.496 e. The molecule has 0 unspecified atom stereocenters. The zero-order valence-corrected chi connectivity index (χ0v) is 9.17. The summed E-state index contributed by atoms with van der Waals surface area (Å²) in [6, 6.07) is 2.14. The first-order valence-electron chi connectivity index (χ1n) is 3.89. The molecule has 0 N–H and O–H groups in total. The van der Waals surface area contributed by atoms with E-state index in [4.69, 9.17) is 27.9 Å². The van der Waals surface area contributed by atoms with Crippen molar-refractivity contribution in [1.29, 1.82) is 0 Å². The van der Waals surface area contributed by atoms with Crippen molar-refractivity contribution in [2.45, 2.75) is 12.1 Å². The number of benzene rings is 1. The SMILES string of the molecule is COc1cc(Cl)cc(C(F)(F)F)c1CCl. The van der Waals surface area contributed by atoms with E-state index in [1.807, 2.05) is 0 Å². The maximum atomic E-state index is 12.6. The number of ether oxygens (including phenoxy) is 1. The lowest BCUT2D eigenvalue weighted by Crippen LogP contribution is -2.09. The van der Waals surface area contributed by atoms with Gasteiger partial charge in [0.05, 0.1) is 18.6 Å². The first kappa shape index (κ1) is 12.5. The number of hydrogen-bond acceptors (Lipinski definition) is 1. The molecule has 1 nitrogen and oxygen atoms in total. The summed E-state index contributed by atoms with van der Waals surface area (Å²) in [7, 11) is 1.27. The molecule has 1 aromatic rings. The highest BCUT2D eigenvalue weighted by molar-refractivity contribution is 6.30. The molecule has 84 valence electrons. The Bertz CT molecular complexity index is 363. The number of halogens is 5. The van der Waals surface area contributed by atoms with Crippen LogP contribution in [0, 0.1) is 0 Å². The Labute approximate surface area is 94.7 Å². The molecule has 0 aromatic heterocycles. The molecule has 0 aliphatic rings. The van der Waals surface area contributed by atoms with Crippen LogP contribution in [0.3, 0.4) is 0 Å². The van der Waals surface area contributed by atoms with E-state index in [9.17, 15) is 13.2 Å². The minimum atomic E-state index is -4.48. The van der Waals surface area contributed by atoms with E-state index in [0.29, 0.717) is 0 Å². The van der Waals surface area contributed by atoms with Crippen LogP contribution in [0.15, 0.2) is 12.1 Å². The zero-order valence-electron chi connectivity index (χ0n) is 7.66. The van der Waals surface area contributed by atoms with Crippen LogP contribution in [-0.2, 0) is 12.1 Å². The van der Waals surface area contributed by atoms with E-state index in [-0.39, 0.29) is 22.2 Å². The Morgan fingerprint density at radius 3 is 2.33 bits per heavy atom. The monoisotopic (exact) mass is 258 g/mol. The summed E-state index contributed by atoms with van der Waals surface area (Å²) >= 11 is 11.0. The Balaban J connectivity index is 3.42. The smallest absolute Gasteiger partial charge is 0.416 e. The van der Waals surface area contributed by atoms with Gasteiger partial charge in [-0.05, 0) is 12.1 Å². The fraction of sp³-hybridized carbons (Fsp3) is 0.333. The van der Waals surface area contributed by atoms with Gasteiger partial charge in [0.25, 0.3) is 0 Å². The van der Waals surface area contributed by atoms with Gasteiger partial charge in [0.1, 0.15) is 5.75 Å². The molecule has 0 amide bonds. The molecule has 0 atom stereocenters. The van der Waals surface area contributed by atoms with Crippen LogP contribution in [0.2, 0.25) is 5.02 Å². The molecule has 0 heterocycles. The van der Waals surface area contributed by atoms with E-state index >= 15 is 0 Å². The van der Waals surface area contributed by atoms with Gasteiger partial charge in [-0.15, -0.1) is 11.6 Å². The first-order valence-corrected chi connectivity index (χ1v) is 4.81. The standard InChI is InChI=1S/C9H7Cl2F3O/c1-15-8-3-5(11)2-7(6(8)4-10)9(12,13)14/h2-3H,4H2,1H3. The summed E-state index contributed by atoms with van der Waals surface area (Å²) in [5, 5.41) is -0.0342. The van der Waals surface area contributed by atoms with Crippen LogP contribution in [-0.4, -0.2) is 7.11 Å². The fourth-order valence-corrected chi connectivity index (χ4v) is 1.67. The van der Waals surface area contributed by atoms with Gasteiger partial charge in [-0.1, -0.05) is 11.6 Å². The quantitative estimate of drug-likeness (QED) is 0.726. The second-order valence-corrected chi connectivity index (χ2v) is 3.47. The molecule has 0 aliphatic heterocycles. The lowest BCUT2D eigenvalue weighted by Gasteiger charge is -2.14. The summed E-state index contributed by atoms with van der Waals surface area (Å²) in [6.45, 7) is 0. The lowest BCUT2D eigenvalue weighted by atomic mass is 10.1. The molecule has 1 rings (SSSR count). The van der Waals surface area contributed by atoms with E-state index < -0.39 is 11.7 Å². The van der Waals surface area contributed by atoms with Crippen molar-refractivity contribution < 1.29 is 17.9 Å². The van der Waals surface area contributed by atoms with Gasteiger partial charge < -0.3 is 4.74 Å². The molecule has 0 bridgehead atoms. The Morgan fingerprint density at radius 1 is 1.33 bits per heavy atom. The third-order valence-electron chi connectivity index (χ3n) is 1.83. The number of rotatable bonds is 2. The largest absolute Gasteiger partial charge is 0.496 e. The predicted octanol–water partition coefficient (Wildman–Crippen LogP) is 4.11. The van der Waals surface area contributed by atoms with Crippen LogP contribution in [0.4, 0.5) is 13.2 Å². The lowest BCUT2D eigenvalue weighted by molar-refractivity contribution is -0.138. The van der Waals surface area contributed by atoms with Gasteiger partial charge in [-0.25, -0.2) is 0 Å². The molecular weight excluding hydrogens is 252 g/mol. The molecule has 0 saturated heterocycles. The maximum absolute atomic E-state index is 12.6. The minimum absolute atomic E-state index is 0.0342. The molecule has 0 saturated carbocycles. The predicted molar refractivity (Wildman–Crippen MR) is 52.6 cm³/mol. The van der Waals surface area contributed by atoms with E-state index in [0.717, 1.165) is 6.07 Å². The van der Waals surface area contributed by atoms with Crippen LogP contribution in [0.25, 0.3) is 0 Å². The molecular formula is C9H7Cl2F3O. The van der Waals surface area contributed by atoms with Gasteiger partial charge in [0.15, 0.2) is 0 Å². The van der Waals surface area contributed by atoms with Crippen LogP contribution in [0.1, 0.15) is 11.1 Å². The van der Waals surface area contributed by atoms with Crippen molar-refractivity contribution in [2.75, 3.05) is 7.11 Å². The molecule has 1 aromatic carbocycles. The van der Waals surface area contributed by atoms with E-state index in [1.54, 1.807) is 0 Å². The highest BCUT2D eigenvalue weighted by atomic mass is 35.5. The molecule has 0 radical (unpaired) electrons. The third-order valence-corrected chi connectivity index (χ3v) is 2.32. The van der Waals surface area contributed by atoms with E-state index in [2.05, 4.69) is 0 Å². The highest BCUT2D eigenvalue weighted by Crippen LogP contribution is 2.38. The van der Waals surface area contributed by atoms with Crippen LogP contribution in [0.5, 0.6) is 5.75 Å². The Morgan fingerprint density at radius 2 is 1.93 bits per heavy atom. The first-order chi connectivity index (χ1) is 6.90. The fourth-order valence-electron chi connectivity index (χ4n) is 1.18. The second kappa shape index (κ2) is 4.49. The topological polar surface area (TPSA) is 9.23 Å². The van der Waals surface area contributed by atoms with Crippen molar-refractivity contribution in [2.24, 2.45) is 0 Å². The van der Waals surface area contributed by atoms with Crippen LogP contribution < -0.4 is 4.74 Å². The van der Waals surface area contributed by atoms with E-state index in [1.165, 1.54) is 13.2 Å². The third kappa shape index (κ3) is 2.69. The van der Waals surface area contributed by atoms with Gasteiger partial charge in [0, 0.05) is 10.6 Å². The van der Waals surface area contributed by atoms with Gasteiger partial charge in [-0.3, -0.25) is 0 Å². The van der Waals surface area contributed by atoms with Crippen molar-refractivity contribution in [3.05, 3.63) is 28.3 Å². The van der Waals surface area contributed by atoms with Crippen molar-refractivity contribution in [3.8, 4) is 5.75 Å². The average Bonchev–Trinajstić information content (AvgIpc) is 2.15. The van der Waals surface area contributed by atoms with Crippen LogP contribution >= 0.6 is 23.2 Å². The Hall–Kier alpha value is -0.610. The summed E-state index contributed by atoms with van der Waals surface area (Å²) in [5.41, 5.74) is -0.960. The number of methoxy groups -OCH3 is 1. The summed E-state index contributed by atoms with van der Waals surface area (Å²) in [5.74, 6) is -0.236. The molecule has 0 spiro atoms. The summed E-state index contributed by atoms with van der Waals surface area (Å²) < 4.78 is 42.5. The molecule has 6 heteroatoms. The summed E-state index contributed by atoms with van der Waals surface area (Å²) in [4.78, 5) is 0. The maximum Gasteiger partial charge on any atom is 0.416 e. The number of alkyl halides is 4. The van der Waals surface area contributed by atoms with Gasteiger partial charge >= 0.3 is 6.18 Å². The average molecular weight is 259 g/mol. The normalized spacial score (nSPS) is 11.6. The Kier molecular flexibility index (Phi) is 3.73. The van der Waals surface area contributed by atoms with Crippen molar-refractivity contribution in [1.82, 2.24) is 0 Å². The second-order valence-electron chi connectivity index (χ2n) is 2.77. The van der Waals surface area contributed by atoms with Crippen molar-refractivity contribution in [3.63, 3.8) is 0 Å². The number of hydrogen-bond donors (Lipinski definition) is 0. The molecule has 0 aliphatic carbocycles. The highest BCUT2D eigenvalue weighted by Gasteiger charge is 2.34. The van der Waals surface area contributed by atoms with Crippen molar-refractivity contribution >= 4 is 23.2 Å². The van der Waals surface area contributed by atoms with Gasteiger partial charge in [-0.2, -0.15) is 13.2 Å². The molecule has 15 heavy (non-hydrogen) atoms. The molecule has 0 fully saturated rings.